The predicted octanol–water partition coefficient (Wildman–Crippen LogP) is 2.98. The number of halogens is 2. The Kier molecular flexibility index (Phi) is 4.76. The molecule has 0 saturated heterocycles. The van der Waals surface area contributed by atoms with Crippen molar-refractivity contribution in [1.82, 2.24) is 15.0 Å². The fraction of sp³-hybridized carbons (Fsp3) is 0.250. The van der Waals surface area contributed by atoms with E-state index in [2.05, 4.69) is 20.3 Å². The van der Waals surface area contributed by atoms with Gasteiger partial charge >= 0.3 is 0 Å². The van der Waals surface area contributed by atoms with Gasteiger partial charge in [-0.15, -0.1) is 0 Å². The molecule has 0 aliphatic rings. The molecule has 7 heteroatoms. The number of hydrogen-bond donors (Lipinski definition) is 1. The minimum absolute atomic E-state index is 0.0575. The lowest BCUT2D eigenvalue weighted by atomic mass is 10.2. The number of aryl methyl sites for hydroxylation is 1. The first kappa shape index (κ1) is 13.8. The lowest BCUT2D eigenvalue weighted by molar-refractivity contribution is 0.332. The van der Waals surface area contributed by atoms with Crippen molar-refractivity contribution in [3.63, 3.8) is 0 Å². The highest BCUT2D eigenvalue weighted by Crippen LogP contribution is 2.12. The van der Waals surface area contributed by atoms with E-state index in [1.807, 2.05) is 31.2 Å². The van der Waals surface area contributed by atoms with E-state index >= 15 is 0 Å². The van der Waals surface area contributed by atoms with Gasteiger partial charge in [0, 0.05) is 0 Å². The van der Waals surface area contributed by atoms with Gasteiger partial charge in [-0.2, -0.15) is 15.0 Å². The van der Waals surface area contributed by atoms with Crippen LogP contribution in [0, 0.1) is 6.92 Å². The summed E-state index contributed by atoms with van der Waals surface area (Å²) in [6.45, 7) is 3.02. The van der Waals surface area contributed by atoms with Gasteiger partial charge in [-0.1, -0.05) is 12.1 Å². The molecule has 0 saturated carbocycles. The first-order valence-corrected chi connectivity index (χ1v) is 6.39. The van der Waals surface area contributed by atoms with Gasteiger partial charge < -0.3 is 10.1 Å². The smallest absolute Gasteiger partial charge is 0.228 e. The predicted molar refractivity (Wildman–Crippen MR) is 75.0 cm³/mol. The van der Waals surface area contributed by atoms with Gasteiger partial charge in [0.25, 0.3) is 0 Å². The fourth-order valence-corrected chi connectivity index (χ4v) is 1.81. The van der Waals surface area contributed by atoms with E-state index in [1.54, 1.807) is 0 Å². The number of benzene rings is 1. The largest absolute Gasteiger partial charge is 0.492 e. The second-order valence-electron chi connectivity index (χ2n) is 3.79. The normalized spacial score (nSPS) is 10.3. The Balaban J connectivity index is 1.80. The molecule has 19 heavy (non-hydrogen) atoms. The Labute approximate surface area is 121 Å². The first-order chi connectivity index (χ1) is 9.13. The summed E-state index contributed by atoms with van der Waals surface area (Å²) in [6, 6.07) is 7.84. The molecular formula is C12H12Cl2N4O. The minimum Gasteiger partial charge on any atom is -0.492 e. The Morgan fingerprint density at radius 1 is 1.16 bits per heavy atom. The van der Waals surface area contributed by atoms with Gasteiger partial charge in [-0.25, -0.2) is 0 Å². The van der Waals surface area contributed by atoms with E-state index in [9.17, 15) is 0 Å². The zero-order valence-electron chi connectivity index (χ0n) is 10.2. The Morgan fingerprint density at radius 3 is 2.58 bits per heavy atom. The molecular weight excluding hydrogens is 287 g/mol. The fourth-order valence-electron chi connectivity index (χ4n) is 1.44. The molecule has 5 nitrogen and oxygen atoms in total. The standard InChI is InChI=1S/C12H12Cl2N4O/c1-8-3-2-4-9(7-8)19-6-5-15-12-17-10(13)16-11(14)18-12/h2-4,7H,5-6H2,1H3,(H,15,16,17,18). The maximum atomic E-state index is 5.66. The number of ether oxygens (including phenoxy) is 1. The summed E-state index contributed by atoms with van der Waals surface area (Å²) in [4.78, 5) is 11.4. The zero-order chi connectivity index (χ0) is 13.7. The maximum absolute atomic E-state index is 5.66. The third kappa shape index (κ3) is 4.54. The molecule has 1 heterocycles. The summed E-state index contributed by atoms with van der Waals surface area (Å²) < 4.78 is 5.57. The molecule has 1 aromatic carbocycles. The molecule has 0 spiro atoms. The summed E-state index contributed by atoms with van der Waals surface area (Å²) in [5, 5.41) is 3.07. The molecule has 100 valence electrons. The number of nitrogens with zero attached hydrogens (tertiary/aromatic N) is 3. The molecule has 2 aromatic rings. The van der Waals surface area contributed by atoms with Gasteiger partial charge in [0.2, 0.25) is 16.5 Å². The van der Waals surface area contributed by atoms with Crippen LogP contribution < -0.4 is 10.1 Å². The number of nitrogens with one attached hydrogen (secondary N) is 1. The number of aromatic nitrogens is 3. The number of hydrogen-bond acceptors (Lipinski definition) is 5. The molecule has 0 aliphatic carbocycles. The summed E-state index contributed by atoms with van der Waals surface area (Å²) >= 11 is 11.3. The van der Waals surface area contributed by atoms with Crippen LogP contribution in [-0.2, 0) is 0 Å². The summed E-state index contributed by atoms with van der Waals surface area (Å²) in [7, 11) is 0. The van der Waals surface area contributed by atoms with Crippen molar-refractivity contribution in [2.45, 2.75) is 6.92 Å². The van der Waals surface area contributed by atoms with Gasteiger partial charge in [0.1, 0.15) is 12.4 Å². The van der Waals surface area contributed by atoms with Gasteiger partial charge in [0.05, 0.1) is 6.54 Å². The second-order valence-corrected chi connectivity index (χ2v) is 4.46. The van der Waals surface area contributed by atoms with Crippen molar-refractivity contribution in [2.24, 2.45) is 0 Å². The third-order valence-electron chi connectivity index (χ3n) is 2.22. The van der Waals surface area contributed by atoms with Crippen molar-refractivity contribution in [3.05, 3.63) is 40.4 Å². The van der Waals surface area contributed by atoms with E-state index in [0.717, 1.165) is 11.3 Å². The lowest BCUT2D eigenvalue weighted by Gasteiger charge is -2.08. The van der Waals surface area contributed by atoms with E-state index < -0.39 is 0 Å². The lowest BCUT2D eigenvalue weighted by Crippen LogP contribution is -2.13. The van der Waals surface area contributed by atoms with Crippen LogP contribution in [0.15, 0.2) is 24.3 Å². The summed E-state index contributed by atoms with van der Waals surface area (Å²) in [5.74, 6) is 1.16. The van der Waals surface area contributed by atoms with E-state index in [1.165, 1.54) is 0 Å². The van der Waals surface area contributed by atoms with Crippen LogP contribution in [0.1, 0.15) is 5.56 Å². The van der Waals surface area contributed by atoms with Crippen LogP contribution in [0.25, 0.3) is 0 Å². The van der Waals surface area contributed by atoms with Crippen LogP contribution in [0.3, 0.4) is 0 Å². The molecule has 0 bridgehead atoms. The van der Waals surface area contributed by atoms with Gasteiger partial charge in [-0.3, -0.25) is 0 Å². The molecule has 2 rings (SSSR count). The highest BCUT2D eigenvalue weighted by molar-refractivity contribution is 6.31. The molecule has 0 unspecified atom stereocenters. The van der Waals surface area contributed by atoms with Crippen molar-refractivity contribution >= 4 is 29.2 Å². The summed E-state index contributed by atoms with van der Waals surface area (Å²) in [6.07, 6.45) is 0. The zero-order valence-corrected chi connectivity index (χ0v) is 11.7. The number of rotatable bonds is 5. The average molecular weight is 299 g/mol. The average Bonchev–Trinajstić information content (AvgIpc) is 2.34. The molecule has 0 amide bonds. The van der Waals surface area contributed by atoms with Crippen molar-refractivity contribution < 1.29 is 4.74 Å². The quantitative estimate of drug-likeness (QED) is 0.860. The molecule has 1 aromatic heterocycles. The molecule has 0 atom stereocenters. The molecule has 0 radical (unpaired) electrons. The van der Waals surface area contributed by atoms with Gasteiger partial charge in [-0.05, 0) is 47.8 Å². The molecule has 1 N–H and O–H groups in total. The Morgan fingerprint density at radius 2 is 1.89 bits per heavy atom. The highest BCUT2D eigenvalue weighted by Gasteiger charge is 2.02. The maximum Gasteiger partial charge on any atom is 0.228 e. The van der Waals surface area contributed by atoms with Crippen molar-refractivity contribution in [1.29, 1.82) is 0 Å². The second kappa shape index (κ2) is 6.54. The number of anilines is 1. The van der Waals surface area contributed by atoms with Crippen LogP contribution in [0.2, 0.25) is 10.6 Å². The molecule has 0 aliphatic heterocycles. The van der Waals surface area contributed by atoms with E-state index in [4.69, 9.17) is 27.9 Å². The monoisotopic (exact) mass is 298 g/mol. The topological polar surface area (TPSA) is 59.9 Å². The van der Waals surface area contributed by atoms with E-state index in [0.29, 0.717) is 19.1 Å². The summed E-state index contributed by atoms with van der Waals surface area (Å²) in [5.41, 5.74) is 1.15. The van der Waals surface area contributed by atoms with Gasteiger partial charge in [0.15, 0.2) is 0 Å². The van der Waals surface area contributed by atoms with Crippen LogP contribution >= 0.6 is 23.2 Å². The van der Waals surface area contributed by atoms with Crippen molar-refractivity contribution in [2.75, 3.05) is 18.5 Å². The Hall–Kier alpha value is -1.59. The highest BCUT2D eigenvalue weighted by atomic mass is 35.5. The molecule has 0 fully saturated rings. The van der Waals surface area contributed by atoms with Crippen molar-refractivity contribution in [3.8, 4) is 5.75 Å². The van der Waals surface area contributed by atoms with Crippen LogP contribution in [0.5, 0.6) is 5.75 Å². The Bertz CT molecular complexity index is 545. The van der Waals surface area contributed by atoms with E-state index in [-0.39, 0.29) is 10.6 Å². The minimum atomic E-state index is 0.0575. The SMILES string of the molecule is Cc1cccc(OCCNc2nc(Cl)nc(Cl)n2)c1. The third-order valence-corrected chi connectivity index (χ3v) is 2.56. The van der Waals surface area contributed by atoms with Crippen LogP contribution in [0.4, 0.5) is 5.95 Å². The first-order valence-electron chi connectivity index (χ1n) is 5.64. The van der Waals surface area contributed by atoms with Crippen LogP contribution in [-0.4, -0.2) is 28.1 Å².